The minimum atomic E-state index is -4.37. The van der Waals surface area contributed by atoms with Crippen LogP contribution < -0.4 is 5.32 Å². The first-order valence-electron chi connectivity index (χ1n) is 6.78. The molecule has 2 unspecified atom stereocenters. The van der Waals surface area contributed by atoms with Crippen LogP contribution in [0, 0.1) is 5.92 Å². The molecule has 2 atom stereocenters. The van der Waals surface area contributed by atoms with Gasteiger partial charge in [0, 0.05) is 12.7 Å². The summed E-state index contributed by atoms with van der Waals surface area (Å²) >= 11 is 0. The lowest BCUT2D eigenvalue weighted by Crippen LogP contribution is -2.41. The maximum absolute atomic E-state index is 12.4. The lowest BCUT2D eigenvalue weighted by atomic mass is 9.79. The third-order valence-corrected chi connectivity index (χ3v) is 3.76. The summed E-state index contributed by atoms with van der Waals surface area (Å²) in [5.74, 6) is 0.820. The number of aliphatic hydroxyl groups is 1. The van der Waals surface area contributed by atoms with Crippen molar-refractivity contribution in [3.05, 3.63) is 23.9 Å². The van der Waals surface area contributed by atoms with E-state index in [9.17, 15) is 18.3 Å². The van der Waals surface area contributed by atoms with Gasteiger partial charge in [0.1, 0.15) is 5.82 Å². The molecular weight excluding hydrogens is 269 g/mol. The van der Waals surface area contributed by atoms with Crippen LogP contribution >= 0.6 is 0 Å². The van der Waals surface area contributed by atoms with Crippen LogP contribution in [0.25, 0.3) is 0 Å². The van der Waals surface area contributed by atoms with Crippen molar-refractivity contribution in [3.8, 4) is 0 Å². The monoisotopic (exact) mass is 288 g/mol. The number of nitrogens with one attached hydrogen (secondary N) is 1. The topological polar surface area (TPSA) is 45.1 Å². The molecule has 0 bridgehead atoms. The zero-order valence-electron chi connectivity index (χ0n) is 11.4. The molecule has 3 nitrogen and oxygen atoms in total. The van der Waals surface area contributed by atoms with Gasteiger partial charge in [-0.25, -0.2) is 4.98 Å². The molecule has 6 heteroatoms. The quantitative estimate of drug-likeness (QED) is 0.895. The number of aromatic nitrogens is 1. The van der Waals surface area contributed by atoms with Crippen molar-refractivity contribution in [3.63, 3.8) is 0 Å². The van der Waals surface area contributed by atoms with E-state index in [1.54, 1.807) is 0 Å². The van der Waals surface area contributed by atoms with Crippen molar-refractivity contribution in [1.29, 1.82) is 0 Å². The number of rotatable bonds is 3. The highest BCUT2D eigenvalue weighted by molar-refractivity contribution is 5.36. The molecule has 0 saturated heterocycles. The molecule has 2 rings (SSSR count). The zero-order chi connectivity index (χ0) is 14.8. The van der Waals surface area contributed by atoms with Gasteiger partial charge in [-0.15, -0.1) is 0 Å². The van der Waals surface area contributed by atoms with E-state index in [0.29, 0.717) is 31.1 Å². The molecule has 2 N–H and O–H groups in total. The number of hydrogen-bond acceptors (Lipinski definition) is 3. The Morgan fingerprint density at radius 3 is 2.75 bits per heavy atom. The molecule has 1 heterocycles. The molecule has 0 aromatic carbocycles. The molecule has 112 valence electrons. The Bertz CT molecular complexity index is 447. The Morgan fingerprint density at radius 2 is 2.20 bits per heavy atom. The maximum Gasteiger partial charge on any atom is 0.417 e. The zero-order valence-corrected chi connectivity index (χ0v) is 11.4. The minimum Gasteiger partial charge on any atom is -0.388 e. The van der Waals surface area contributed by atoms with Gasteiger partial charge >= 0.3 is 6.18 Å². The van der Waals surface area contributed by atoms with Crippen molar-refractivity contribution >= 4 is 5.82 Å². The largest absolute Gasteiger partial charge is 0.417 e. The second kappa shape index (κ2) is 5.60. The van der Waals surface area contributed by atoms with Gasteiger partial charge in [-0.2, -0.15) is 13.2 Å². The first-order chi connectivity index (χ1) is 9.28. The normalized spacial score (nSPS) is 27.4. The van der Waals surface area contributed by atoms with E-state index in [-0.39, 0.29) is 0 Å². The molecular formula is C14H19F3N2O. The lowest BCUT2D eigenvalue weighted by molar-refractivity contribution is -0.137. The van der Waals surface area contributed by atoms with E-state index in [0.717, 1.165) is 25.1 Å². The fourth-order valence-electron chi connectivity index (χ4n) is 2.71. The van der Waals surface area contributed by atoms with Gasteiger partial charge in [-0.3, -0.25) is 0 Å². The van der Waals surface area contributed by atoms with Crippen molar-refractivity contribution in [2.75, 3.05) is 11.9 Å². The van der Waals surface area contributed by atoms with Gasteiger partial charge in [0.15, 0.2) is 0 Å². The van der Waals surface area contributed by atoms with Crippen molar-refractivity contribution in [2.24, 2.45) is 5.92 Å². The van der Waals surface area contributed by atoms with Crippen LogP contribution in [0.1, 0.15) is 38.2 Å². The van der Waals surface area contributed by atoms with Crippen LogP contribution in [0.5, 0.6) is 0 Å². The first kappa shape index (κ1) is 15.1. The fraction of sp³-hybridized carbons (Fsp3) is 0.643. The first-order valence-corrected chi connectivity index (χ1v) is 6.78. The number of anilines is 1. The van der Waals surface area contributed by atoms with Gasteiger partial charge in [0.05, 0.1) is 11.2 Å². The van der Waals surface area contributed by atoms with Crippen LogP contribution in [-0.4, -0.2) is 22.2 Å². The summed E-state index contributed by atoms with van der Waals surface area (Å²) in [5.41, 5.74) is -1.56. The molecule has 1 saturated carbocycles. The molecule has 0 aliphatic heterocycles. The Labute approximate surface area is 116 Å². The summed E-state index contributed by atoms with van der Waals surface area (Å²) in [4.78, 5) is 3.74. The van der Waals surface area contributed by atoms with Gasteiger partial charge in [-0.05, 0) is 30.9 Å². The van der Waals surface area contributed by atoms with E-state index >= 15 is 0 Å². The Balaban J connectivity index is 1.94. The second-order valence-electron chi connectivity index (χ2n) is 5.71. The third kappa shape index (κ3) is 3.85. The minimum absolute atomic E-state index is 0.315. The smallest absolute Gasteiger partial charge is 0.388 e. The molecule has 1 aromatic heterocycles. The molecule has 1 aliphatic rings. The molecule has 20 heavy (non-hydrogen) atoms. The fourth-order valence-corrected chi connectivity index (χ4v) is 2.71. The third-order valence-electron chi connectivity index (χ3n) is 3.76. The lowest BCUT2D eigenvalue weighted by Gasteiger charge is -2.35. The summed E-state index contributed by atoms with van der Waals surface area (Å²) in [6.45, 7) is 2.41. The van der Waals surface area contributed by atoms with Crippen molar-refractivity contribution < 1.29 is 18.3 Å². The van der Waals surface area contributed by atoms with Crippen molar-refractivity contribution in [2.45, 2.75) is 44.4 Å². The molecule has 0 radical (unpaired) electrons. The van der Waals surface area contributed by atoms with Crippen LogP contribution in [-0.2, 0) is 6.18 Å². The summed E-state index contributed by atoms with van der Waals surface area (Å²) in [6, 6.07) is 2.28. The van der Waals surface area contributed by atoms with Gasteiger partial charge in [0.25, 0.3) is 0 Å². The number of halogens is 3. The average molecular weight is 288 g/mol. The highest BCUT2D eigenvalue weighted by Gasteiger charge is 2.33. The highest BCUT2D eigenvalue weighted by atomic mass is 19.4. The number of nitrogens with zero attached hydrogens (tertiary/aromatic N) is 1. The maximum atomic E-state index is 12.4. The summed E-state index contributed by atoms with van der Waals surface area (Å²) in [7, 11) is 0. The van der Waals surface area contributed by atoms with Crippen LogP contribution in [0.4, 0.5) is 19.0 Å². The summed E-state index contributed by atoms with van der Waals surface area (Å²) in [5, 5.41) is 13.3. The standard InChI is InChI=1S/C14H19F3N2O/c1-10-3-2-6-13(20,7-10)9-19-12-5-4-11(8-18-12)14(15,16)17/h4-5,8,10,20H,2-3,6-7,9H2,1H3,(H,18,19). The summed E-state index contributed by atoms with van der Waals surface area (Å²) < 4.78 is 37.2. The van der Waals surface area contributed by atoms with E-state index < -0.39 is 17.3 Å². The van der Waals surface area contributed by atoms with Gasteiger partial charge < -0.3 is 10.4 Å². The SMILES string of the molecule is CC1CCCC(O)(CNc2ccc(C(F)(F)F)cn2)C1. The molecule has 1 fully saturated rings. The number of alkyl halides is 3. The Morgan fingerprint density at radius 1 is 1.45 bits per heavy atom. The second-order valence-corrected chi connectivity index (χ2v) is 5.71. The average Bonchev–Trinajstić information content (AvgIpc) is 2.36. The molecule has 0 amide bonds. The Kier molecular flexibility index (Phi) is 4.22. The van der Waals surface area contributed by atoms with Crippen LogP contribution in [0.2, 0.25) is 0 Å². The van der Waals surface area contributed by atoms with Gasteiger partial charge in [-0.1, -0.05) is 19.8 Å². The van der Waals surface area contributed by atoms with E-state index in [2.05, 4.69) is 17.2 Å². The van der Waals surface area contributed by atoms with E-state index in [4.69, 9.17) is 0 Å². The number of hydrogen-bond donors (Lipinski definition) is 2. The summed E-state index contributed by atoms with van der Waals surface area (Å²) in [6.07, 6.45) is -0.0648. The molecule has 0 spiro atoms. The predicted octanol–water partition coefficient (Wildman–Crippen LogP) is 3.45. The Hall–Kier alpha value is -1.30. The van der Waals surface area contributed by atoms with Gasteiger partial charge in [0.2, 0.25) is 0 Å². The highest BCUT2D eigenvalue weighted by Crippen LogP contribution is 2.32. The van der Waals surface area contributed by atoms with Crippen LogP contribution in [0.3, 0.4) is 0 Å². The molecule has 1 aromatic rings. The van der Waals surface area contributed by atoms with Crippen LogP contribution in [0.15, 0.2) is 18.3 Å². The van der Waals surface area contributed by atoms with E-state index in [1.165, 1.54) is 6.07 Å². The molecule has 1 aliphatic carbocycles. The predicted molar refractivity (Wildman–Crippen MR) is 70.3 cm³/mol. The van der Waals surface area contributed by atoms with Crippen molar-refractivity contribution in [1.82, 2.24) is 4.98 Å². The number of pyridine rings is 1. The van der Waals surface area contributed by atoms with E-state index in [1.807, 2.05) is 0 Å².